The van der Waals surface area contributed by atoms with Crippen LogP contribution in [0.5, 0.6) is 11.5 Å². The normalized spacial score (nSPS) is 10.4. The highest BCUT2D eigenvalue weighted by atomic mass is 32.1. The monoisotopic (exact) mass is 368 g/mol. The molecule has 134 valence electrons. The van der Waals surface area contributed by atoms with E-state index in [0.29, 0.717) is 18.0 Å². The van der Waals surface area contributed by atoms with Crippen LogP contribution in [0.1, 0.15) is 11.1 Å². The number of hydrogen-bond acceptors (Lipinski definition) is 5. The van der Waals surface area contributed by atoms with Crippen molar-refractivity contribution < 1.29 is 14.3 Å². The Balaban J connectivity index is 1.65. The van der Waals surface area contributed by atoms with Crippen molar-refractivity contribution in [3.05, 3.63) is 64.5 Å². The lowest BCUT2D eigenvalue weighted by atomic mass is 10.1. The number of carbonyl (C=O) groups excluding carboxylic acids is 1. The Morgan fingerprint density at radius 1 is 1.15 bits per heavy atom. The van der Waals surface area contributed by atoms with Gasteiger partial charge in [0.25, 0.3) is 0 Å². The zero-order chi connectivity index (χ0) is 18.4. The van der Waals surface area contributed by atoms with Gasteiger partial charge >= 0.3 is 0 Å². The molecule has 0 spiro atoms. The molecule has 1 N–H and O–H groups in total. The van der Waals surface area contributed by atoms with Crippen LogP contribution in [-0.4, -0.2) is 25.1 Å². The van der Waals surface area contributed by atoms with E-state index in [4.69, 9.17) is 9.47 Å². The molecule has 0 saturated heterocycles. The lowest BCUT2D eigenvalue weighted by molar-refractivity contribution is -0.120. The number of nitrogens with one attached hydrogen (secondary N) is 1. The molecule has 5 nitrogen and oxygen atoms in total. The highest BCUT2D eigenvalue weighted by molar-refractivity contribution is 7.08. The van der Waals surface area contributed by atoms with Crippen molar-refractivity contribution >= 4 is 17.2 Å². The predicted octanol–water partition coefficient (Wildman–Crippen LogP) is 3.69. The molecule has 0 aliphatic heterocycles. The van der Waals surface area contributed by atoms with E-state index in [0.717, 1.165) is 22.4 Å². The van der Waals surface area contributed by atoms with Gasteiger partial charge in [0, 0.05) is 23.7 Å². The first-order valence-corrected chi connectivity index (χ1v) is 9.09. The summed E-state index contributed by atoms with van der Waals surface area (Å²) in [6, 6.07) is 11.4. The Morgan fingerprint density at radius 2 is 2.00 bits per heavy atom. The molecule has 1 amide bonds. The fourth-order valence-corrected chi connectivity index (χ4v) is 3.31. The minimum atomic E-state index is -0.0580. The van der Waals surface area contributed by atoms with Gasteiger partial charge in [-0.05, 0) is 40.8 Å². The maximum absolute atomic E-state index is 12.3. The maximum Gasteiger partial charge on any atom is 0.224 e. The van der Waals surface area contributed by atoms with E-state index in [1.54, 1.807) is 37.8 Å². The van der Waals surface area contributed by atoms with Crippen molar-refractivity contribution in [2.75, 3.05) is 14.2 Å². The molecule has 0 unspecified atom stereocenters. The first kappa shape index (κ1) is 17.9. The third kappa shape index (κ3) is 4.21. The number of nitrogens with zero attached hydrogens (tertiary/aromatic N) is 1. The highest BCUT2D eigenvalue weighted by Gasteiger charge is 2.10. The quantitative estimate of drug-likeness (QED) is 0.691. The second-order valence-electron chi connectivity index (χ2n) is 5.67. The second-order valence-corrected chi connectivity index (χ2v) is 6.45. The van der Waals surface area contributed by atoms with Gasteiger partial charge in [0.05, 0.1) is 26.3 Å². The predicted molar refractivity (Wildman–Crippen MR) is 103 cm³/mol. The van der Waals surface area contributed by atoms with Gasteiger partial charge in [-0.2, -0.15) is 11.3 Å². The van der Waals surface area contributed by atoms with Crippen LogP contribution in [0.15, 0.2) is 53.4 Å². The second kappa shape index (κ2) is 8.49. The van der Waals surface area contributed by atoms with Crippen LogP contribution in [0.3, 0.4) is 0 Å². The summed E-state index contributed by atoms with van der Waals surface area (Å²) in [6.45, 7) is 0.436. The van der Waals surface area contributed by atoms with Gasteiger partial charge in [0.15, 0.2) is 11.5 Å². The number of hydrogen-bond donors (Lipinski definition) is 1. The van der Waals surface area contributed by atoms with Crippen molar-refractivity contribution in [2.24, 2.45) is 0 Å². The third-order valence-electron chi connectivity index (χ3n) is 3.97. The van der Waals surface area contributed by atoms with E-state index in [-0.39, 0.29) is 12.3 Å². The number of amides is 1. The molecule has 1 aromatic carbocycles. The average molecular weight is 368 g/mol. The largest absolute Gasteiger partial charge is 0.493 e. The van der Waals surface area contributed by atoms with Crippen molar-refractivity contribution in [2.45, 2.75) is 13.0 Å². The molecule has 0 aliphatic rings. The average Bonchev–Trinajstić information content (AvgIpc) is 3.21. The van der Waals surface area contributed by atoms with Gasteiger partial charge in [0.1, 0.15) is 0 Å². The highest BCUT2D eigenvalue weighted by Crippen LogP contribution is 2.28. The lowest BCUT2D eigenvalue weighted by Crippen LogP contribution is -2.25. The number of rotatable bonds is 7. The zero-order valence-corrected chi connectivity index (χ0v) is 15.5. The lowest BCUT2D eigenvalue weighted by Gasteiger charge is -2.11. The first-order chi connectivity index (χ1) is 12.7. The van der Waals surface area contributed by atoms with E-state index in [1.807, 2.05) is 35.7 Å². The maximum atomic E-state index is 12.3. The van der Waals surface area contributed by atoms with Crippen LogP contribution in [0.2, 0.25) is 0 Å². The molecule has 0 radical (unpaired) electrons. The summed E-state index contributed by atoms with van der Waals surface area (Å²) < 4.78 is 10.5. The molecular formula is C20H20N2O3S. The van der Waals surface area contributed by atoms with Crippen molar-refractivity contribution in [3.8, 4) is 22.8 Å². The Bertz CT molecular complexity index is 879. The van der Waals surface area contributed by atoms with Crippen molar-refractivity contribution in [3.63, 3.8) is 0 Å². The third-order valence-corrected chi connectivity index (χ3v) is 4.66. The van der Waals surface area contributed by atoms with Gasteiger partial charge in [-0.3, -0.25) is 9.78 Å². The summed E-state index contributed by atoms with van der Waals surface area (Å²) in [5.41, 5.74) is 3.83. The number of carbonyl (C=O) groups is 1. The van der Waals surface area contributed by atoms with Crippen LogP contribution in [0.4, 0.5) is 0 Å². The first-order valence-electron chi connectivity index (χ1n) is 8.15. The molecule has 0 atom stereocenters. The summed E-state index contributed by atoms with van der Waals surface area (Å²) in [5.74, 6) is 1.20. The number of benzene rings is 1. The van der Waals surface area contributed by atoms with Crippen LogP contribution in [0.25, 0.3) is 11.3 Å². The Kier molecular flexibility index (Phi) is 5.86. The fraction of sp³-hybridized carbons (Fsp3) is 0.200. The molecule has 26 heavy (non-hydrogen) atoms. The number of thiophene rings is 1. The van der Waals surface area contributed by atoms with Gasteiger partial charge in [0.2, 0.25) is 5.91 Å². The smallest absolute Gasteiger partial charge is 0.224 e. The van der Waals surface area contributed by atoms with Gasteiger partial charge in [-0.15, -0.1) is 0 Å². The number of pyridine rings is 1. The molecule has 0 bridgehead atoms. The number of aromatic nitrogens is 1. The summed E-state index contributed by atoms with van der Waals surface area (Å²) >= 11 is 1.63. The van der Waals surface area contributed by atoms with Gasteiger partial charge < -0.3 is 14.8 Å². The van der Waals surface area contributed by atoms with E-state index < -0.39 is 0 Å². The molecule has 6 heteroatoms. The van der Waals surface area contributed by atoms with Crippen molar-refractivity contribution in [1.82, 2.24) is 10.3 Å². The van der Waals surface area contributed by atoms with Gasteiger partial charge in [-0.25, -0.2) is 0 Å². The number of methoxy groups -OCH3 is 2. The topological polar surface area (TPSA) is 60.5 Å². The van der Waals surface area contributed by atoms with E-state index in [1.165, 1.54) is 0 Å². The Morgan fingerprint density at radius 3 is 2.73 bits per heavy atom. The minimum absolute atomic E-state index is 0.0580. The number of ether oxygens (including phenoxy) is 2. The molecule has 0 fully saturated rings. The summed E-state index contributed by atoms with van der Waals surface area (Å²) in [5, 5.41) is 7.04. The molecule has 2 aromatic heterocycles. The van der Waals surface area contributed by atoms with E-state index in [9.17, 15) is 4.79 Å². The van der Waals surface area contributed by atoms with E-state index in [2.05, 4.69) is 15.7 Å². The van der Waals surface area contributed by atoms with Crippen LogP contribution in [0, 0.1) is 0 Å². The molecular weight excluding hydrogens is 348 g/mol. The summed E-state index contributed by atoms with van der Waals surface area (Å²) in [6.07, 6.45) is 2.04. The van der Waals surface area contributed by atoms with Crippen molar-refractivity contribution in [1.29, 1.82) is 0 Å². The van der Waals surface area contributed by atoms with Crippen LogP contribution < -0.4 is 14.8 Å². The Labute approximate surface area is 156 Å². The zero-order valence-electron chi connectivity index (χ0n) is 14.7. The molecule has 0 aliphatic carbocycles. The van der Waals surface area contributed by atoms with Crippen LogP contribution >= 0.6 is 11.3 Å². The molecule has 0 saturated carbocycles. The SMILES string of the molecule is COc1ccc(CC(=O)NCc2cccnc2-c2ccsc2)cc1OC. The summed E-state index contributed by atoms with van der Waals surface area (Å²) in [7, 11) is 3.17. The summed E-state index contributed by atoms with van der Waals surface area (Å²) in [4.78, 5) is 16.8. The molecule has 3 rings (SSSR count). The van der Waals surface area contributed by atoms with Gasteiger partial charge in [-0.1, -0.05) is 12.1 Å². The van der Waals surface area contributed by atoms with E-state index >= 15 is 0 Å². The standard InChI is InChI=1S/C20H20N2O3S/c1-24-17-6-5-14(10-18(17)25-2)11-19(23)22-12-15-4-3-8-21-20(15)16-7-9-26-13-16/h3-10,13H,11-12H2,1-2H3,(H,22,23). The fourth-order valence-electron chi connectivity index (χ4n) is 2.67. The van der Waals surface area contributed by atoms with Crippen LogP contribution in [-0.2, 0) is 17.8 Å². The molecule has 3 aromatic rings. The molecule has 2 heterocycles. The minimum Gasteiger partial charge on any atom is -0.493 e. The Hall–Kier alpha value is -2.86.